The van der Waals surface area contributed by atoms with E-state index in [1.54, 1.807) is 0 Å². The molecule has 7 aromatic rings. The van der Waals surface area contributed by atoms with Gasteiger partial charge in [-0.05, 0) is 35.4 Å². The topological polar surface area (TPSA) is 64.7 Å². The maximum atomic E-state index is 6.33. The number of oxazole rings is 1. The summed E-state index contributed by atoms with van der Waals surface area (Å²) < 4.78 is 6.33. The highest BCUT2D eigenvalue weighted by atomic mass is 16.3. The molecule has 0 saturated carbocycles. The number of nitrogens with zero attached hydrogens (tertiary/aromatic N) is 4. The molecule has 0 N–H and O–H groups in total. The Hall–Kier alpha value is -5.42. The van der Waals surface area contributed by atoms with Crippen molar-refractivity contribution in [2.75, 3.05) is 0 Å². The fourth-order valence-electron chi connectivity index (χ4n) is 4.63. The first kappa shape index (κ1) is 22.8. The number of hydrogen-bond donors (Lipinski definition) is 0. The number of rotatable bonds is 5. The van der Waals surface area contributed by atoms with E-state index in [1.807, 2.05) is 115 Å². The van der Waals surface area contributed by atoms with Gasteiger partial charge in [0.1, 0.15) is 5.52 Å². The Kier molecular flexibility index (Phi) is 5.72. The highest BCUT2D eigenvalue weighted by Gasteiger charge is 2.19. The van der Waals surface area contributed by atoms with E-state index >= 15 is 0 Å². The minimum Gasteiger partial charge on any atom is -0.436 e. The molecular weight excluding hydrogens is 480 g/mol. The molecule has 2 aromatic heterocycles. The minimum atomic E-state index is 0.540. The SMILES string of the molecule is c1ccc(-c2cc(-c3nc(-c4ccccc4)nc(-c4ccccc4)n3)c3nc(-c4ccccc4)oc3c2)cc1. The molecule has 0 unspecified atom stereocenters. The van der Waals surface area contributed by atoms with E-state index in [1.165, 1.54) is 0 Å². The summed E-state index contributed by atoms with van der Waals surface area (Å²) >= 11 is 0. The quantitative estimate of drug-likeness (QED) is 0.237. The van der Waals surface area contributed by atoms with Gasteiger partial charge in [0.25, 0.3) is 0 Å². The van der Waals surface area contributed by atoms with Gasteiger partial charge in [-0.3, -0.25) is 0 Å². The Bertz CT molecular complexity index is 1830. The Labute approximate surface area is 225 Å². The van der Waals surface area contributed by atoms with Gasteiger partial charge in [-0.25, -0.2) is 19.9 Å². The van der Waals surface area contributed by atoms with Crippen molar-refractivity contribution < 1.29 is 4.42 Å². The van der Waals surface area contributed by atoms with Gasteiger partial charge in [-0.15, -0.1) is 0 Å². The largest absolute Gasteiger partial charge is 0.436 e. The third kappa shape index (κ3) is 4.47. The maximum Gasteiger partial charge on any atom is 0.227 e. The van der Waals surface area contributed by atoms with Crippen LogP contribution in [0.1, 0.15) is 0 Å². The summed E-state index contributed by atoms with van der Waals surface area (Å²) in [7, 11) is 0. The smallest absolute Gasteiger partial charge is 0.227 e. The number of fused-ring (bicyclic) bond motifs is 1. The average Bonchev–Trinajstić information content (AvgIpc) is 3.47. The second-order valence-corrected chi connectivity index (χ2v) is 9.16. The zero-order chi connectivity index (χ0) is 26.0. The summed E-state index contributed by atoms with van der Waals surface area (Å²) in [4.78, 5) is 19.7. The lowest BCUT2D eigenvalue weighted by atomic mass is 10.0. The summed E-state index contributed by atoms with van der Waals surface area (Å²) in [6.45, 7) is 0. The molecule has 5 nitrogen and oxygen atoms in total. The molecule has 0 aliphatic heterocycles. The molecule has 0 saturated heterocycles. The van der Waals surface area contributed by atoms with Crippen molar-refractivity contribution in [3.8, 4) is 56.7 Å². The minimum absolute atomic E-state index is 0.540. The molecule has 0 fully saturated rings. The predicted molar refractivity (Wildman–Crippen MR) is 155 cm³/mol. The second-order valence-electron chi connectivity index (χ2n) is 9.16. The highest BCUT2D eigenvalue weighted by Crippen LogP contribution is 2.36. The van der Waals surface area contributed by atoms with Crippen molar-refractivity contribution in [3.05, 3.63) is 133 Å². The van der Waals surface area contributed by atoms with Crippen molar-refractivity contribution >= 4 is 11.1 Å². The van der Waals surface area contributed by atoms with E-state index in [-0.39, 0.29) is 0 Å². The lowest BCUT2D eigenvalue weighted by Gasteiger charge is -2.10. The molecule has 0 spiro atoms. The van der Waals surface area contributed by atoms with Crippen molar-refractivity contribution in [2.24, 2.45) is 0 Å². The molecule has 0 bridgehead atoms. The molecule has 0 aliphatic carbocycles. The van der Waals surface area contributed by atoms with Crippen LogP contribution in [0.4, 0.5) is 0 Å². The van der Waals surface area contributed by atoms with Crippen molar-refractivity contribution in [1.29, 1.82) is 0 Å². The van der Waals surface area contributed by atoms with Crippen LogP contribution in [0.3, 0.4) is 0 Å². The van der Waals surface area contributed by atoms with Gasteiger partial charge < -0.3 is 4.42 Å². The summed E-state index contributed by atoms with van der Waals surface area (Å²) in [5.41, 5.74) is 6.97. The molecule has 2 heterocycles. The Morgan fingerprint density at radius 1 is 0.385 bits per heavy atom. The van der Waals surface area contributed by atoms with E-state index < -0.39 is 0 Å². The Morgan fingerprint density at radius 3 is 1.38 bits per heavy atom. The number of hydrogen-bond acceptors (Lipinski definition) is 5. The highest BCUT2D eigenvalue weighted by molar-refractivity contribution is 5.95. The zero-order valence-corrected chi connectivity index (χ0v) is 20.9. The maximum absolute atomic E-state index is 6.33. The fourth-order valence-corrected chi connectivity index (χ4v) is 4.63. The van der Waals surface area contributed by atoms with Crippen LogP contribution in [0.2, 0.25) is 0 Å². The van der Waals surface area contributed by atoms with Gasteiger partial charge in [-0.2, -0.15) is 0 Å². The van der Waals surface area contributed by atoms with Crippen molar-refractivity contribution in [2.45, 2.75) is 0 Å². The molecule has 0 atom stereocenters. The fraction of sp³-hybridized carbons (Fsp3) is 0. The van der Waals surface area contributed by atoms with E-state index in [9.17, 15) is 0 Å². The molecule has 5 aromatic carbocycles. The summed E-state index contributed by atoms with van der Waals surface area (Å²) in [5.74, 6) is 2.30. The van der Waals surface area contributed by atoms with Gasteiger partial charge in [0.15, 0.2) is 23.1 Å². The third-order valence-electron chi connectivity index (χ3n) is 6.56. The molecule has 0 amide bonds. The van der Waals surface area contributed by atoms with Gasteiger partial charge in [-0.1, -0.05) is 109 Å². The Morgan fingerprint density at radius 2 is 0.846 bits per heavy atom. The average molecular weight is 503 g/mol. The predicted octanol–water partition coefficient (Wildman–Crippen LogP) is 8.35. The van der Waals surface area contributed by atoms with E-state index in [0.717, 1.165) is 33.4 Å². The molecule has 39 heavy (non-hydrogen) atoms. The van der Waals surface area contributed by atoms with E-state index in [2.05, 4.69) is 18.2 Å². The number of aromatic nitrogens is 4. The lowest BCUT2D eigenvalue weighted by Crippen LogP contribution is -2.00. The summed E-state index contributed by atoms with van der Waals surface area (Å²) in [6.07, 6.45) is 0. The normalized spacial score (nSPS) is 11.1. The van der Waals surface area contributed by atoms with Gasteiger partial charge in [0, 0.05) is 22.3 Å². The zero-order valence-electron chi connectivity index (χ0n) is 20.9. The molecule has 0 aliphatic rings. The van der Waals surface area contributed by atoms with Gasteiger partial charge >= 0.3 is 0 Å². The molecule has 0 radical (unpaired) electrons. The molecule has 7 rings (SSSR count). The second kappa shape index (κ2) is 9.80. The van der Waals surface area contributed by atoms with Crippen LogP contribution in [0.5, 0.6) is 0 Å². The lowest BCUT2D eigenvalue weighted by molar-refractivity contribution is 0.620. The van der Waals surface area contributed by atoms with E-state index in [4.69, 9.17) is 24.4 Å². The van der Waals surface area contributed by atoms with Crippen LogP contribution < -0.4 is 0 Å². The van der Waals surface area contributed by atoms with Gasteiger partial charge in [0.05, 0.1) is 0 Å². The van der Waals surface area contributed by atoms with Crippen LogP contribution in [-0.4, -0.2) is 19.9 Å². The standard InChI is InChI=1S/C34H22N4O/c1-5-13-23(14-6-1)27-21-28(30-29(22-27)39-34(35-30)26-19-11-4-12-20-26)33-37-31(24-15-7-2-8-16-24)36-32(38-33)25-17-9-3-10-18-25/h1-22H. The van der Waals surface area contributed by atoms with Crippen LogP contribution in [-0.2, 0) is 0 Å². The first-order valence-electron chi connectivity index (χ1n) is 12.7. The van der Waals surface area contributed by atoms with E-state index in [0.29, 0.717) is 34.5 Å². The number of benzene rings is 5. The first-order chi connectivity index (χ1) is 19.3. The van der Waals surface area contributed by atoms with Crippen molar-refractivity contribution in [3.63, 3.8) is 0 Å². The Balaban J connectivity index is 1.50. The summed E-state index contributed by atoms with van der Waals surface area (Å²) in [6, 6.07) is 44.2. The monoisotopic (exact) mass is 502 g/mol. The van der Waals surface area contributed by atoms with Crippen LogP contribution in [0, 0.1) is 0 Å². The molecule has 184 valence electrons. The van der Waals surface area contributed by atoms with Crippen LogP contribution >= 0.6 is 0 Å². The van der Waals surface area contributed by atoms with Crippen molar-refractivity contribution in [1.82, 2.24) is 19.9 Å². The van der Waals surface area contributed by atoms with Crippen LogP contribution in [0.25, 0.3) is 67.8 Å². The van der Waals surface area contributed by atoms with Crippen LogP contribution in [0.15, 0.2) is 138 Å². The molecule has 5 heteroatoms. The summed E-state index contributed by atoms with van der Waals surface area (Å²) in [5, 5.41) is 0. The first-order valence-corrected chi connectivity index (χ1v) is 12.7. The molecular formula is C34H22N4O. The van der Waals surface area contributed by atoms with Gasteiger partial charge in [0.2, 0.25) is 5.89 Å². The third-order valence-corrected chi connectivity index (χ3v) is 6.56.